The van der Waals surface area contributed by atoms with Gasteiger partial charge in [-0.05, 0) is 41.3 Å². The van der Waals surface area contributed by atoms with Gasteiger partial charge in [0.05, 0.1) is 5.52 Å². The molecule has 1 aromatic heterocycles. The quantitative estimate of drug-likeness (QED) is 0.440. The van der Waals surface area contributed by atoms with Gasteiger partial charge in [0, 0.05) is 18.3 Å². The monoisotopic (exact) mass is 283 g/mol. The van der Waals surface area contributed by atoms with Crippen molar-refractivity contribution in [2.75, 3.05) is 0 Å². The van der Waals surface area contributed by atoms with E-state index in [1.54, 1.807) is 18.2 Å². The number of halogens is 1. The predicted molar refractivity (Wildman–Crippen MR) is 79.1 cm³/mol. The van der Waals surface area contributed by atoms with Crippen LogP contribution in [0.4, 0.5) is 4.39 Å². The van der Waals surface area contributed by atoms with E-state index in [4.69, 9.17) is 5.84 Å². The van der Waals surface area contributed by atoms with Crippen LogP contribution in [0.15, 0.2) is 54.7 Å². The van der Waals surface area contributed by atoms with Gasteiger partial charge in [-0.3, -0.25) is 10.2 Å². The van der Waals surface area contributed by atoms with E-state index in [1.165, 1.54) is 12.1 Å². The summed E-state index contributed by atoms with van der Waals surface area (Å²) in [5.41, 5.74) is 4.26. The number of aromatic nitrogens is 1. The first kappa shape index (κ1) is 13.3. The first-order valence-corrected chi connectivity index (χ1v) is 6.52. The number of benzene rings is 2. The molecule has 106 valence electrons. The lowest BCUT2D eigenvalue weighted by molar-refractivity contribution is 0.0952. The molecule has 3 rings (SSSR count). The zero-order chi connectivity index (χ0) is 14.8. The third-order valence-electron chi connectivity index (χ3n) is 3.47. The third kappa shape index (κ3) is 2.51. The minimum atomic E-state index is -0.340. The first-order chi connectivity index (χ1) is 10.2. The molecule has 4 nitrogen and oxygen atoms in total. The Morgan fingerprint density at radius 2 is 2.00 bits per heavy atom. The molecule has 0 saturated heterocycles. The number of hydrogen-bond acceptors (Lipinski definition) is 2. The molecule has 0 aliphatic carbocycles. The molecule has 0 fully saturated rings. The van der Waals surface area contributed by atoms with Crippen LogP contribution in [-0.2, 0) is 6.54 Å². The summed E-state index contributed by atoms with van der Waals surface area (Å²) < 4.78 is 15.3. The number of carbonyl (C=O) groups is 1. The highest BCUT2D eigenvalue weighted by molar-refractivity contribution is 5.95. The maximum atomic E-state index is 13.4. The van der Waals surface area contributed by atoms with Crippen molar-refractivity contribution < 1.29 is 9.18 Å². The van der Waals surface area contributed by atoms with Crippen molar-refractivity contribution in [1.29, 1.82) is 0 Å². The Morgan fingerprint density at radius 3 is 2.81 bits per heavy atom. The highest BCUT2D eigenvalue weighted by atomic mass is 19.1. The molecule has 0 bridgehead atoms. The van der Waals surface area contributed by atoms with Crippen LogP contribution in [0.5, 0.6) is 0 Å². The lowest BCUT2D eigenvalue weighted by Crippen LogP contribution is -2.31. The van der Waals surface area contributed by atoms with Gasteiger partial charge in [0.15, 0.2) is 0 Å². The Kier molecular flexibility index (Phi) is 3.41. The van der Waals surface area contributed by atoms with Crippen molar-refractivity contribution in [3.8, 4) is 0 Å². The Morgan fingerprint density at radius 1 is 1.19 bits per heavy atom. The Balaban J connectivity index is 2.03. The van der Waals surface area contributed by atoms with Gasteiger partial charge in [0.25, 0.3) is 5.91 Å². The average molecular weight is 283 g/mol. The molecule has 0 atom stereocenters. The van der Waals surface area contributed by atoms with Crippen LogP contribution in [0.3, 0.4) is 0 Å². The molecule has 0 spiro atoms. The molecular formula is C16H14FN3O. The average Bonchev–Trinajstić information content (AvgIpc) is 2.89. The lowest BCUT2D eigenvalue weighted by atomic mass is 10.1. The van der Waals surface area contributed by atoms with E-state index in [1.807, 2.05) is 29.0 Å². The summed E-state index contributed by atoms with van der Waals surface area (Å²) in [6, 6.07) is 13.8. The Labute approximate surface area is 121 Å². The summed E-state index contributed by atoms with van der Waals surface area (Å²) in [4.78, 5) is 11.8. The second kappa shape index (κ2) is 5.38. The summed E-state index contributed by atoms with van der Waals surface area (Å²) in [6.45, 7) is 0.469. The summed E-state index contributed by atoms with van der Waals surface area (Å²) in [7, 11) is 0. The number of hydrogen-bond donors (Lipinski definition) is 2. The van der Waals surface area contributed by atoms with Gasteiger partial charge in [-0.15, -0.1) is 0 Å². The second-order valence-electron chi connectivity index (χ2n) is 4.78. The van der Waals surface area contributed by atoms with E-state index in [9.17, 15) is 9.18 Å². The van der Waals surface area contributed by atoms with Crippen molar-refractivity contribution in [3.05, 3.63) is 71.7 Å². The van der Waals surface area contributed by atoms with Crippen molar-refractivity contribution in [2.45, 2.75) is 6.54 Å². The molecule has 2 aromatic carbocycles. The molecule has 1 heterocycles. The van der Waals surface area contributed by atoms with Gasteiger partial charge in [-0.25, -0.2) is 10.2 Å². The van der Waals surface area contributed by atoms with Gasteiger partial charge < -0.3 is 4.57 Å². The molecule has 0 aliphatic rings. The molecule has 0 aliphatic heterocycles. The van der Waals surface area contributed by atoms with E-state index in [0.29, 0.717) is 12.1 Å². The van der Waals surface area contributed by atoms with Crippen molar-refractivity contribution in [1.82, 2.24) is 9.99 Å². The zero-order valence-electron chi connectivity index (χ0n) is 11.2. The molecule has 3 aromatic rings. The Bertz CT molecular complexity index is 810. The Hall–Kier alpha value is -2.66. The van der Waals surface area contributed by atoms with Crippen LogP contribution in [-0.4, -0.2) is 10.5 Å². The fourth-order valence-corrected chi connectivity index (χ4v) is 2.44. The van der Waals surface area contributed by atoms with E-state index in [0.717, 1.165) is 16.5 Å². The number of nitrogens with zero attached hydrogens (tertiary/aromatic N) is 1. The van der Waals surface area contributed by atoms with E-state index < -0.39 is 0 Å². The molecule has 0 saturated carbocycles. The van der Waals surface area contributed by atoms with Crippen molar-refractivity contribution in [3.63, 3.8) is 0 Å². The predicted octanol–water partition coefficient (Wildman–Crippen LogP) is 2.43. The van der Waals surface area contributed by atoms with Crippen LogP contribution >= 0.6 is 0 Å². The first-order valence-electron chi connectivity index (χ1n) is 6.52. The molecule has 5 heteroatoms. The van der Waals surface area contributed by atoms with Gasteiger partial charge in [-0.1, -0.05) is 18.2 Å². The van der Waals surface area contributed by atoms with Crippen LogP contribution in [0, 0.1) is 5.82 Å². The summed E-state index contributed by atoms with van der Waals surface area (Å²) >= 11 is 0. The van der Waals surface area contributed by atoms with Gasteiger partial charge >= 0.3 is 0 Å². The molecule has 21 heavy (non-hydrogen) atoms. The van der Waals surface area contributed by atoms with E-state index in [2.05, 4.69) is 5.43 Å². The molecule has 0 unspecified atom stereocenters. The van der Waals surface area contributed by atoms with Gasteiger partial charge in [-0.2, -0.15) is 0 Å². The van der Waals surface area contributed by atoms with Crippen molar-refractivity contribution in [2.24, 2.45) is 5.84 Å². The maximum Gasteiger partial charge on any atom is 0.265 e. The SMILES string of the molecule is NNC(=O)c1ccccc1Cn1ccc2ccc(F)cc21. The standard InChI is InChI=1S/C16H14FN3O/c17-13-6-5-11-7-8-20(15(11)9-13)10-12-3-1-2-4-14(12)16(21)19-18/h1-9H,10,18H2,(H,19,21). The smallest absolute Gasteiger partial charge is 0.265 e. The van der Waals surface area contributed by atoms with E-state index in [-0.39, 0.29) is 11.7 Å². The summed E-state index contributed by atoms with van der Waals surface area (Å²) in [5.74, 6) is 4.58. The topological polar surface area (TPSA) is 60.0 Å². The minimum Gasteiger partial charge on any atom is -0.343 e. The number of nitrogens with two attached hydrogens (primary N) is 1. The minimum absolute atomic E-state index is 0.282. The molecule has 0 radical (unpaired) electrons. The number of carbonyl (C=O) groups excluding carboxylic acids is 1. The van der Waals surface area contributed by atoms with Gasteiger partial charge in [0.2, 0.25) is 0 Å². The van der Waals surface area contributed by atoms with Crippen LogP contribution in [0.2, 0.25) is 0 Å². The van der Waals surface area contributed by atoms with E-state index >= 15 is 0 Å². The third-order valence-corrected chi connectivity index (χ3v) is 3.47. The normalized spacial score (nSPS) is 10.8. The summed E-state index contributed by atoms with van der Waals surface area (Å²) in [5, 5.41) is 0.956. The highest BCUT2D eigenvalue weighted by Crippen LogP contribution is 2.19. The molecule has 3 N–H and O–H groups in total. The highest BCUT2D eigenvalue weighted by Gasteiger charge is 2.11. The number of amides is 1. The number of nitrogen functional groups attached to an aromatic ring is 1. The number of nitrogens with one attached hydrogen (secondary N) is 1. The fraction of sp³-hybridized carbons (Fsp3) is 0.0625. The van der Waals surface area contributed by atoms with Crippen LogP contribution in [0.1, 0.15) is 15.9 Å². The number of fused-ring (bicyclic) bond motifs is 1. The van der Waals surface area contributed by atoms with Crippen molar-refractivity contribution >= 4 is 16.8 Å². The maximum absolute atomic E-state index is 13.4. The van der Waals surface area contributed by atoms with Crippen LogP contribution in [0.25, 0.3) is 10.9 Å². The second-order valence-corrected chi connectivity index (χ2v) is 4.78. The van der Waals surface area contributed by atoms with Crippen LogP contribution < -0.4 is 11.3 Å². The summed E-state index contributed by atoms with van der Waals surface area (Å²) in [6.07, 6.45) is 1.88. The largest absolute Gasteiger partial charge is 0.343 e. The zero-order valence-corrected chi connectivity index (χ0v) is 11.2. The fourth-order valence-electron chi connectivity index (χ4n) is 2.44. The van der Waals surface area contributed by atoms with Gasteiger partial charge in [0.1, 0.15) is 5.82 Å². The number of hydrazine groups is 1. The number of rotatable bonds is 3. The molecular weight excluding hydrogens is 269 g/mol. The lowest BCUT2D eigenvalue weighted by Gasteiger charge is -2.10. The molecule has 1 amide bonds.